The van der Waals surface area contributed by atoms with Crippen LogP contribution >= 0.6 is 11.3 Å². The SMILES string of the molecule is COC(=O)NCCc1nc(-c2cccnc2)cs1. The van der Waals surface area contributed by atoms with Gasteiger partial charge in [0.2, 0.25) is 0 Å². The number of nitrogens with one attached hydrogen (secondary N) is 1. The minimum atomic E-state index is -0.418. The molecule has 0 bridgehead atoms. The number of pyridine rings is 1. The van der Waals surface area contributed by atoms with Gasteiger partial charge in [-0.25, -0.2) is 9.78 Å². The molecular weight excluding hydrogens is 250 g/mol. The van der Waals surface area contributed by atoms with Crippen molar-refractivity contribution < 1.29 is 9.53 Å². The van der Waals surface area contributed by atoms with Crippen LogP contribution in [0.1, 0.15) is 5.01 Å². The third kappa shape index (κ3) is 3.27. The lowest BCUT2D eigenvalue weighted by Gasteiger charge is -2.00. The van der Waals surface area contributed by atoms with E-state index in [0.717, 1.165) is 16.3 Å². The van der Waals surface area contributed by atoms with E-state index in [-0.39, 0.29) is 0 Å². The highest BCUT2D eigenvalue weighted by molar-refractivity contribution is 7.09. The first-order valence-electron chi connectivity index (χ1n) is 5.46. The molecule has 0 radical (unpaired) electrons. The number of rotatable bonds is 4. The number of hydrogen-bond donors (Lipinski definition) is 1. The van der Waals surface area contributed by atoms with Gasteiger partial charge in [0.1, 0.15) is 0 Å². The molecule has 1 amide bonds. The van der Waals surface area contributed by atoms with Crippen LogP contribution in [-0.4, -0.2) is 29.7 Å². The minimum Gasteiger partial charge on any atom is -0.453 e. The predicted molar refractivity (Wildman–Crippen MR) is 69.5 cm³/mol. The Kier molecular flexibility index (Phi) is 4.25. The Hall–Kier alpha value is -1.95. The zero-order valence-corrected chi connectivity index (χ0v) is 10.7. The van der Waals surface area contributed by atoms with E-state index < -0.39 is 6.09 Å². The number of carbonyl (C=O) groups excluding carboxylic acids is 1. The maximum absolute atomic E-state index is 10.9. The fourth-order valence-corrected chi connectivity index (χ4v) is 2.22. The summed E-state index contributed by atoms with van der Waals surface area (Å²) in [5, 5.41) is 5.59. The lowest BCUT2D eigenvalue weighted by Crippen LogP contribution is -2.25. The summed E-state index contributed by atoms with van der Waals surface area (Å²) in [5.74, 6) is 0. The average Bonchev–Trinajstić information content (AvgIpc) is 2.88. The quantitative estimate of drug-likeness (QED) is 0.917. The summed E-state index contributed by atoms with van der Waals surface area (Å²) in [4.78, 5) is 19.4. The number of amides is 1. The van der Waals surface area contributed by atoms with Crippen LogP contribution in [0.4, 0.5) is 4.79 Å². The van der Waals surface area contributed by atoms with Crippen LogP contribution in [0.2, 0.25) is 0 Å². The molecule has 2 rings (SSSR count). The number of alkyl carbamates (subject to hydrolysis) is 1. The Balaban J connectivity index is 1.93. The highest BCUT2D eigenvalue weighted by Gasteiger charge is 2.05. The van der Waals surface area contributed by atoms with Crippen LogP contribution < -0.4 is 5.32 Å². The van der Waals surface area contributed by atoms with Crippen molar-refractivity contribution in [2.24, 2.45) is 0 Å². The van der Waals surface area contributed by atoms with Crippen LogP contribution in [0, 0.1) is 0 Å². The molecule has 0 saturated heterocycles. The van der Waals surface area contributed by atoms with Crippen LogP contribution in [0.5, 0.6) is 0 Å². The molecule has 2 heterocycles. The van der Waals surface area contributed by atoms with Crippen molar-refractivity contribution in [1.82, 2.24) is 15.3 Å². The monoisotopic (exact) mass is 263 g/mol. The molecular formula is C12H13N3O2S. The topological polar surface area (TPSA) is 64.1 Å². The maximum atomic E-state index is 10.9. The molecule has 0 unspecified atom stereocenters. The summed E-state index contributed by atoms with van der Waals surface area (Å²) in [6.07, 6.45) is 3.79. The average molecular weight is 263 g/mol. The first-order valence-corrected chi connectivity index (χ1v) is 6.34. The molecule has 2 aromatic heterocycles. The molecule has 6 heteroatoms. The van der Waals surface area contributed by atoms with Gasteiger partial charge in [-0.15, -0.1) is 11.3 Å². The van der Waals surface area contributed by atoms with Gasteiger partial charge in [-0.3, -0.25) is 4.98 Å². The van der Waals surface area contributed by atoms with Gasteiger partial charge in [0.25, 0.3) is 0 Å². The van der Waals surface area contributed by atoms with Gasteiger partial charge in [0.05, 0.1) is 17.8 Å². The fraction of sp³-hybridized carbons (Fsp3) is 0.250. The lowest BCUT2D eigenvalue weighted by atomic mass is 10.2. The van der Waals surface area contributed by atoms with Crippen molar-refractivity contribution in [2.45, 2.75) is 6.42 Å². The van der Waals surface area contributed by atoms with Crippen LogP contribution in [0.15, 0.2) is 29.9 Å². The van der Waals surface area contributed by atoms with Crippen molar-refractivity contribution in [3.63, 3.8) is 0 Å². The largest absolute Gasteiger partial charge is 0.453 e. The summed E-state index contributed by atoms with van der Waals surface area (Å²) in [5.41, 5.74) is 1.92. The van der Waals surface area contributed by atoms with E-state index in [9.17, 15) is 4.79 Å². The first-order chi connectivity index (χ1) is 8.79. The van der Waals surface area contributed by atoms with E-state index in [2.05, 4.69) is 20.0 Å². The Bertz CT molecular complexity index is 513. The molecule has 0 saturated carbocycles. The number of thiazole rings is 1. The van der Waals surface area contributed by atoms with Gasteiger partial charge >= 0.3 is 6.09 Å². The van der Waals surface area contributed by atoms with Gasteiger partial charge < -0.3 is 10.1 Å². The molecule has 2 aromatic rings. The summed E-state index contributed by atoms with van der Waals surface area (Å²) in [6, 6.07) is 3.85. The lowest BCUT2D eigenvalue weighted by molar-refractivity contribution is 0.171. The number of methoxy groups -OCH3 is 1. The summed E-state index contributed by atoms with van der Waals surface area (Å²) in [6.45, 7) is 0.521. The molecule has 18 heavy (non-hydrogen) atoms. The van der Waals surface area contributed by atoms with Gasteiger partial charge in [0, 0.05) is 36.3 Å². The zero-order chi connectivity index (χ0) is 12.8. The standard InChI is InChI=1S/C12H13N3O2S/c1-17-12(16)14-6-4-11-15-10(8-18-11)9-3-2-5-13-7-9/h2-3,5,7-8H,4,6H2,1H3,(H,14,16). The first kappa shape index (κ1) is 12.5. The molecule has 0 aliphatic carbocycles. The molecule has 0 aliphatic rings. The number of hydrogen-bond acceptors (Lipinski definition) is 5. The van der Waals surface area contributed by atoms with Crippen molar-refractivity contribution in [2.75, 3.05) is 13.7 Å². The normalized spacial score (nSPS) is 10.1. The van der Waals surface area contributed by atoms with Crippen molar-refractivity contribution in [1.29, 1.82) is 0 Å². The molecule has 0 fully saturated rings. The fourth-order valence-electron chi connectivity index (χ4n) is 1.42. The second-order valence-corrected chi connectivity index (χ2v) is 4.48. The Morgan fingerprint density at radius 3 is 3.17 bits per heavy atom. The molecule has 0 aliphatic heterocycles. The van der Waals surface area contributed by atoms with E-state index in [1.165, 1.54) is 7.11 Å². The zero-order valence-electron chi connectivity index (χ0n) is 9.92. The number of ether oxygens (including phenoxy) is 1. The highest BCUT2D eigenvalue weighted by Crippen LogP contribution is 2.20. The Morgan fingerprint density at radius 2 is 2.44 bits per heavy atom. The molecule has 0 atom stereocenters. The Morgan fingerprint density at radius 1 is 1.56 bits per heavy atom. The minimum absolute atomic E-state index is 0.418. The van der Waals surface area contributed by atoms with Gasteiger partial charge in [0.15, 0.2) is 0 Å². The van der Waals surface area contributed by atoms with Crippen LogP contribution in [-0.2, 0) is 11.2 Å². The number of nitrogens with zero attached hydrogens (tertiary/aromatic N) is 2. The van der Waals surface area contributed by atoms with Crippen molar-refractivity contribution >= 4 is 17.4 Å². The highest BCUT2D eigenvalue weighted by atomic mass is 32.1. The summed E-state index contributed by atoms with van der Waals surface area (Å²) < 4.78 is 4.49. The van der Waals surface area contributed by atoms with E-state index in [1.54, 1.807) is 23.7 Å². The summed E-state index contributed by atoms with van der Waals surface area (Å²) in [7, 11) is 1.35. The van der Waals surface area contributed by atoms with E-state index in [0.29, 0.717) is 13.0 Å². The molecule has 5 nitrogen and oxygen atoms in total. The van der Waals surface area contributed by atoms with Gasteiger partial charge in [-0.2, -0.15) is 0 Å². The van der Waals surface area contributed by atoms with Crippen molar-refractivity contribution in [3.8, 4) is 11.3 Å². The summed E-state index contributed by atoms with van der Waals surface area (Å²) >= 11 is 1.57. The Labute approximate surface area is 109 Å². The van der Waals surface area contributed by atoms with E-state index in [1.807, 2.05) is 17.5 Å². The van der Waals surface area contributed by atoms with Crippen molar-refractivity contribution in [3.05, 3.63) is 34.9 Å². The number of carbonyl (C=O) groups is 1. The molecule has 0 spiro atoms. The predicted octanol–water partition coefficient (Wildman–Crippen LogP) is 2.10. The van der Waals surface area contributed by atoms with Gasteiger partial charge in [-0.05, 0) is 12.1 Å². The second kappa shape index (κ2) is 6.11. The molecule has 94 valence electrons. The number of aromatic nitrogens is 2. The van der Waals surface area contributed by atoms with Crippen LogP contribution in [0.3, 0.4) is 0 Å². The van der Waals surface area contributed by atoms with Crippen LogP contribution in [0.25, 0.3) is 11.3 Å². The second-order valence-electron chi connectivity index (χ2n) is 3.54. The van der Waals surface area contributed by atoms with E-state index >= 15 is 0 Å². The third-order valence-corrected chi connectivity index (χ3v) is 3.21. The van der Waals surface area contributed by atoms with E-state index in [4.69, 9.17) is 0 Å². The maximum Gasteiger partial charge on any atom is 0.406 e. The molecule has 0 aromatic carbocycles. The van der Waals surface area contributed by atoms with Gasteiger partial charge in [-0.1, -0.05) is 0 Å². The smallest absolute Gasteiger partial charge is 0.406 e. The molecule has 1 N–H and O–H groups in total. The third-order valence-electron chi connectivity index (χ3n) is 2.30.